The molecule has 0 atom stereocenters. The van der Waals surface area contributed by atoms with E-state index in [-0.39, 0.29) is 0 Å². The number of quaternary nitrogens is 2. The van der Waals surface area contributed by atoms with Crippen LogP contribution >= 0.6 is 0 Å². The first-order valence-corrected chi connectivity index (χ1v) is 8.29. The molecule has 2 rings (SSSR count). The highest BCUT2D eigenvalue weighted by Gasteiger charge is 2.27. The van der Waals surface area contributed by atoms with Crippen molar-refractivity contribution in [1.82, 2.24) is 0 Å². The fourth-order valence-corrected chi connectivity index (χ4v) is 3.99. The molecule has 0 amide bonds. The van der Waals surface area contributed by atoms with Crippen molar-refractivity contribution >= 4 is 0 Å². The second-order valence-corrected chi connectivity index (χ2v) is 7.41. The molecule has 2 aliphatic heterocycles. The number of hydrogen-bond acceptors (Lipinski definition) is 0. The van der Waals surface area contributed by atoms with Gasteiger partial charge in [-0.1, -0.05) is 0 Å². The van der Waals surface area contributed by atoms with Gasteiger partial charge in [-0.2, -0.15) is 0 Å². The third kappa shape index (κ3) is 4.24. The minimum atomic E-state index is 1.37. The van der Waals surface area contributed by atoms with Crippen LogP contribution in [0, 0.1) is 0 Å². The molecule has 0 aromatic rings. The Morgan fingerprint density at radius 3 is 1.22 bits per heavy atom. The van der Waals surface area contributed by atoms with Crippen molar-refractivity contribution in [1.29, 1.82) is 0 Å². The number of hydrogen-bond donors (Lipinski definition) is 0. The molecule has 0 aromatic heterocycles. The van der Waals surface area contributed by atoms with Gasteiger partial charge in [-0.25, -0.2) is 0 Å². The molecule has 106 valence electrons. The quantitative estimate of drug-likeness (QED) is 0.484. The maximum absolute atomic E-state index is 2.46. The molecule has 0 N–H and O–H groups in total. The first-order chi connectivity index (χ1) is 8.62. The van der Waals surface area contributed by atoms with Crippen LogP contribution in [0.3, 0.4) is 0 Å². The summed E-state index contributed by atoms with van der Waals surface area (Å²) in [6.07, 6.45) is 11.7. The van der Waals surface area contributed by atoms with Gasteiger partial charge >= 0.3 is 0 Å². The predicted octanol–water partition coefficient (Wildman–Crippen LogP) is 3.03. The molecule has 2 fully saturated rings. The Balaban J connectivity index is 1.48. The smallest absolute Gasteiger partial charge is 0.0786 e. The Kier molecular flexibility index (Phi) is 5.08. The van der Waals surface area contributed by atoms with Gasteiger partial charge in [0.1, 0.15) is 0 Å². The van der Waals surface area contributed by atoms with Gasteiger partial charge in [0.25, 0.3) is 0 Å². The molecule has 2 heteroatoms. The van der Waals surface area contributed by atoms with E-state index in [9.17, 15) is 0 Å². The van der Waals surface area contributed by atoms with Crippen LogP contribution in [-0.2, 0) is 0 Å². The summed E-state index contributed by atoms with van der Waals surface area (Å²) in [6.45, 7) is 8.63. The molecule has 2 heterocycles. The van der Waals surface area contributed by atoms with Gasteiger partial charge < -0.3 is 8.97 Å². The molecule has 0 unspecified atom stereocenters. The van der Waals surface area contributed by atoms with Crippen LogP contribution in [0.1, 0.15) is 51.4 Å². The highest BCUT2D eigenvalue weighted by molar-refractivity contribution is 4.54. The standard InChI is InChI=1S/C16H34N2/c1-17(13-7-8-14-17)11-5-3-4-6-12-18(2)15-9-10-16-18/h3-16H2,1-2H3/q+2. The Labute approximate surface area is 114 Å². The predicted molar refractivity (Wildman–Crippen MR) is 78.5 cm³/mol. The minimum Gasteiger partial charge on any atom is -0.326 e. The van der Waals surface area contributed by atoms with Crippen LogP contribution in [0.4, 0.5) is 0 Å². The van der Waals surface area contributed by atoms with Crippen LogP contribution in [0.2, 0.25) is 0 Å². The van der Waals surface area contributed by atoms with Crippen molar-refractivity contribution in [3.8, 4) is 0 Å². The number of nitrogens with zero attached hydrogens (tertiary/aromatic N) is 2. The molecule has 0 aromatic carbocycles. The molecule has 2 aliphatic rings. The Morgan fingerprint density at radius 1 is 0.556 bits per heavy atom. The van der Waals surface area contributed by atoms with Crippen LogP contribution in [0.5, 0.6) is 0 Å². The van der Waals surface area contributed by atoms with Gasteiger partial charge in [-0.05, 0) is 25.7 Å². The van der Waals surface area contributed by atoms with E-state index in [2.05, 4.69) is 14.1 Å². The average molecular weight is 254 g/mol. The van der Waals surface area contributed by atoms with Crippen LogP contribution in [0.15, 0.2) is 0 Å². The lowest BCUT2D eigenvalue weighted by atomic mass is 10.1. The molecule has 18 heavy (non-hydrogen) atoms. The third-order valence-electron chi connectivity index (χ3n) is 5.44. The molecule has 0 saturated carbocycles. The van der Waals surface area contributed by atoms with E-state index in [1.54, 1.807) is 0 Å². The normalized spacial score (nSPS) is 25.7. The van der Waals surface area contributed by atoms with Crippen molar-refractivity contribution < 1.29 is 8.97 Å². The summed E-state index contributed by atoms with van der Waals surface area (Å²) in [6, 6.07) is 0. The summed E-state index contributed by atoms with van der Waals surface area (Å²) in [5.74, 6) is 0. The van der Waals surface area contributed by atoms with Crippen molar-refractivity contribution in [2.75, 3.05) is 53.4 Å². The summed E-state index contributed by atoms with van der Waals surface area (Å²) >= 11 is 0. The zero-order chi connectivity index (χ0) is 12.9. The van der Waals surface area contributed by atoms with Crippen LogP contribution < -0.4 is 0 Å². The summed E-state index contributed by atoms with van der Waals surface area (Å²) in [7, 11) is 4.92. The zero-order valence-corrected chi connectivity index (χ0v) is 12.8. The van der Waals surface area contributed by atoms with Gasteiger partial charge in [0.15, 0.2) is 0 Å². The summed E-state index contributed by atoms with van der Waals surface area (Å²) in [4.78, 5) is 0. The van der Waals surface area contributed by atoms with Gasteiger partial charge in [0.05, 0.1) is 53.4 Å². The van der Waals surface area contributed by atoms with E-state index in [1.165, 1.54) is 99.6 Å². The lowest BCUT2D eigenvalue weighted by Crippen LogP contribution is -2.42. The Bertz CT molecular complexity index is 211. The molecule has 2 saturated heterocycles. The summed E-state index contributed by atoms with van der Waals surface area (Å²) in [5.41, 5.74) is 0. The van der Waals surface area contributed by atoms with E-state index < -0.39 is 0 Å². The fraction of sp³-hybridized carbons (Fsp3) is 1.00. The molecule has 2 nitrogen and oxygen atoms in total. The first kappa shape index (κ1) is 14.3. The molecule has 0 radical (unpaired) electrons. The third-order valence-corrected chi connectivity index (χ3v) is 5.44. The van der Waals surface area contributed by atoms with E-state index in [0.717, 1.165) is 0 Å². The minimum absolute atomic E-state index is 1.37. The maximum Gasteiger partial charge on any atom is 0.0786 e. The van der Waals surface area contributed by atoms with E-state index in [4.69, 9.17) is 0 Å². The van der Waals surface area contributed by atoms with E-state index >= 15 is 0 Å². The fourth-order valence-electron chi connectivity index (χ4n) is 3.99. The second kappa shape index (κ2) is 6.38. The average Bonchev–Trinajstić information content (AvgIpc) is 2.94. The SMILES string of the molecule is C[N+]1(CCCCCC[N+]2(C)CCCC2)CCCC1. The van der Waals surface area contributed by atoms with Gasteiger partial charge in [-0.15, -0.1) is 0 Å². The summed E-state index contributed by atoms with van der Waals surface area (Å²) in [5, 5.41) is 0. The molecule has 0 bridgehead atoms. The lowest BCUT2D eigenvalue weighted by molar-refractivity contribution is -0.898. The number of rotatable bonds is 7. The van der Waals surface area contributed by atoms with Gasteiger partial charge in [0.2, 0.25) is 0 Å². The zero-order valence-electron chi connectivity index (χ0n) is 12.8. The van der Waals surface area contributed by atoms with Gasteiger partial charge in [-0.3, -0.25) is 0 Å². The molecular formula is C16H34N2+2. The highest BCUT2D eigenvalue weighted by Crippen LogP contribution is 2.19. The van der Waals surface area contributed by atoms with Crippen molar-refractivity contribution in [2.45, 2.75) is 51.4 Å². The molecule has 0 spiro atoms. The number of likely N-dealkylation sites (tertiary alicyclic amines) is 2. The van der Waals surface area contributed by atoms with Crippen molar-refractivity contribution in [3.05, 3.63) is 0 Å². The largest absolute Gasteiger partial charge is 0.326 e. The number of unbranched alkanes of at least 4 members (excludes halogenated alkanes) is 3. The molecular weight excluding hydrogens is 220 g/mol. The lowest BCUT2D eigenvalue weighted by Gasteiger charge is -2.30. The van der Waals surface area contributed by atoms with Crippen molar-refractivity contribution in [3.63, 3.8) is 0 Å². The highest BCUT2D eigenvalue weighted by atomic mass is 15.3. The monoisotopic (exact) mass is 254 g/mol. The summed E-state index contributed by atoms with van der Waals surface area (Å²) < 4.78 is 2.74. The molecule has 0 aliphatic carbocycles. The van der Waals surface area contributed by atoms with Gasteiger partial charge in [0, 0.05) is 25.7 Å². The van der Waals surface area contributed by atoms with Crippen LogP contribution in [-0.4, -0.2) is 62.3 Å². The topological polar surface area (TPSA) is 0 Å². The second-order valence-electron chi connectivity index (χ2n) is 7.41. The maximum atomic E-state index is 2.46. The van der Waals surface area contributed by atoms with E-state index in [0.29, 0.717) is 0 Å². The first-order valence-electron chi connectivity index (χ1n) is 8.29. The Hall–Kier alpha value is -0.0800. The van der Waals surface area contributed by atoms with Crippen molar-refractivity contribution in [2.24, 2.45) is 0 Å². The van der Waals surface area contributed by atoms with E-state index in [1.807, 2.05) is 0 Å². The Morgan fingerprint density at radius 2 is 0.889 bits per heavy atom. The van der Waals surface area contributed by atoms with Crippen LogP contribution in [0.25, 0.3) is 0 Å².